The minimum Gasteiger partial charge on any atom is -0.475 e. The quantitative estimate of drug-likeness (QED) is 0.791. The summed E-state index contributed by atoms with van der Waals surface area (Å²) < 4.78 is 13.0. The third kappa shape index (κ3) is 4.02. The fourth-order valence-electron chi connectivity index (χ4n) is 1.58. The maximum atomic E-state index is 5.67. The third-order valence-electron chi connectivity index (χ3n) is 2.35. The number of aromatic nitrogens is 2. The molecule has 1 rings (SSSR count). The normalized spacial score (nSPS) is 11.9. The highest BCUT2D eigenvalue weighted by Gasteiger charge is 2.14. The molecule has 0 amide bonds. The number of nitrogens with zero attached hydrogens (tertiary/aromatic N) is 2. The minimum atomic E-state index is -0.136. The minimum absolute atomic E-state index is 0.136. The molecule has 0 aromatic carbocycles. The molecular formula is C12H23N3O2. The lowest BCUT2D eigenvalue weighted by Crippen LogP contribution is -2.23. The number of aryl methyl sites for hydroxylation is 2. The molecule has 1 aromatic rings. The molecule has 5 nitrogen and oxygen atoms in total. The molecule has 17 heavy (non-hydrogen) atoms. The van der Waals surface area contributed by atoms with Crippen LogP contribution in [-0.2, 0) is 18.3 Å². The summed E-state index contributed by atoms with van der Waals surface area (Å²) in [5, 5.41) is 4.28. The van der Waals surface area contributed by atoms with Gasteiger partial charge < -0.3 is 15.2 Å². The zero-order valence-electron chi connectivity index (χ0n) is 11.4. The molecule has 0 spiro atoms. The van der Waals surface area contributed by atoms with E-state index in [0.717, 1.165) is 17.1 Å². The van der Waals surface area contributed by atoms with Crippen molar-refractivity contribution < 1.29 is 9.47 Å². The molecule has 1 aromatic heterocycles. The maximum absolute atomic E-state index is 5.67. The summed E-state index contributed by atoms with van der Waals surface area (Å²) in [5.74, 6) is 0.738. The molecule has 0 aliphatic heterocycles. The molecule has 5 heteroatoms. The highest BCUT2D eigenvalue weighted by molar-refractivity contribution is 5.30. The van der Waals surface area contributed by atoms with E-state index >= 15 is 0 Å². The van der Waals surface area contributed by atoms with Gasteiger partial charge in [0.25, 0.3) is 0 Å². The van der Waals surface area contributed by atoms with Crippen LogP contribution in [0.4, 0.5) is 0 Å². The second kappa shape index (κ2) is 5.51. The van der Waals surface area contributed by atoms with Gasteiger partial charge in [0.1, 0.15) is 6.61 Å². The molecule has 98 valence electrons. The van der Waals surface area contributed by atoms with Gasteiger partial charge in [-0.25, -0.2) is 4.68 Å². The zero-order valence-corrected chi connectivity index (χ0v) is 11.4. The first-order chi connectivity index (χ1) is 7.85. The molecule has 0 fully saturated rings. The van der Waals surface area contributed by atoms with Gasteiger partial charge in [-0.15, -0.1) is 0 Å². The molecule has 0 radical (unpaired) electrons. The van der Waals surface area contributed by atoms with Gasteiger partial charge in [-0.2, -0.15) is 5.10 Å². The van der Waals surface area contributed by atoms with E-state index in [1.165, 1.54) is 0 Å². The Labute approximate surface area is 103 Å². The van der Waals surface area contributed by atoms with Gasteiger partial charge in [-0.3, -0.25) is 0 Å². The van der Waals surface area contributed by atoms with Crippen molar-refractivity contribution in [2.75, 3.05) is 13.2 Å². The van der Waals surface area contributed by atoms with Crippen LogP contribution in [0.1, 0.15) is 32.0 Å². The molecule has 2 N–H and O–H groups in total. The Morgan fingerprint density at radius 3 is 2.47 bits per heavy atom. The third-order valence-corrected chi connectivity index (χ3v) is 2.35. The van der Waals surface area contributed by atoms with Gasteiger partial charge in [0.05, 0.1) is 23.5 Å². The fourth-order valence-corrected chi connectivity index (χ4v) is 1.58. The van der Waals surface area contributed by atoms with Crippen molar-refractivity contribution in [3.63, 3.8) is 0 Å². The van der Waals surface area contributed by atoms with Crippen LogP contribution in [-0.4, -0.2) is 28.6 Å². The van der Waals surface area contributed by atoms with Crippen LogP contribution in [0.25, 0.3) is 0 Å². The van der Waals surface area contributed by atoms with Crippen molar-refractivity contribution >= 4 is 0 Å². The first kappa shape index (κ1) is 14.0. The molecule has 0 saturated carbocycles. The van der Waals surface area contributed by atoms with Crippen molar-refractivity contribution in [3.05, 3.63) is 11.3 Å². The number of hydrogen-bond donors (Lipinski definition) is 1. The van der Waals surface area contributed by atoms with Gasteiger partial charge in [-0.1, -0.05) is 0 Å². The van der Waals surface area contributed by atoms with Crippen LogP contribution in [0.15, 0.2) is 0 Å². The van der Waals surface area contributed by atoms with Gasteiger partial charge in [0, 0.05) is 13.6 Å². The van der Waals surface area contributed by atoms with E-state index in [1.807, 2.05) is 34.7 Å². The summed E-state index contributed by atoms with van der Waals surface area (Å²) >= 11 is 0. The van der Waals surface area contributed by atoms with Crippen molar-refractivity contribution in [1.82, 2.24) is 9.78 Å². The van der Waals surface area contributed by atoms with Crippen molar-refractivity contribution in [1.29, 1.82) is 0 Å². The molecular weight excluding hydrogens is 218 g/mol. The fraction of sp³-hybridized carbons (Fsp3) is 0.750. The highest BCUT2D eigenvalue weighted by atomic mass is 16.5. The zero-order chi connectivity index (χ0) is 13.1. The summed E-state index contributed by atoms with van der Waals surface area (Å²) in [6.07, 6.45) is 0. The van der Waals surface area contributed by atoms with Crippen LogP contribution in [0, 0.1) is 6.92 Å². The van der Waals surface area contributed by atoms with Gasteiger partial charge in [-0.05, 0) is 27.7 Å². The van der Waals surface area contributed by atoms with Crippen LogP contribution in [0.2, 0.25) is 0 Å². The van der Waals surface area contributed by atoms with Crippen molar-refractivity contribution in [2.45, 2.75) is 39.8 Å². The van der Waals surface area contributed by atoms with Crippen LogP contribution >= 0.6 is 0 Å². The average Bonchev–Trinajstić information content (AvgIpc) is 2.46. The van der Waals surface area contributed by atoms with Crippen molar-refractivity contribution in [2.24, 2.45) is 12.8 Å². The predicted molar refractivity (Wildman–Crippen MR) is 67.0 cm³/mol. The summed E-state index contributed by atoms with van der Waals surface area (Å²) in [5.41, 5.74) is 7.42. The topological polar surface area (TPSA) is 62.3 Å². The van der Waals surface area contributed by atoms with Crippen LogP contribution in [0.3, 0.4) is 0 Å². The lowest BCUT2D eigenvalue weighted by molar-refractivity contribution is -0.0173. The second-order valence-corrected chi connectivity index (χ2v) is 5.01. The monoisotopic (exact) mass is 241 g/mol. The largest absolute Gasteiger partial charge is 0.475 e. The lowest BCUT2D eigenvalue weighted by atomic mass is 10.2. The van der Waals surface area contributed by atoms with E-state index in [4.69, 9.17) is 15.2 Å². The highest BCUT2D eigenvalue weighted by Crippen LogP contribution is 2.20. The predicted octanol–water partition coefficient (Wildman–Crippen LogP) is 1.38. The summed E-state index contributed by atoms with van der Waals surface area (Å²) in [4.78, 5) is 0. The van der Waals surface area contributed by atoms with E-state index in [9.17, 15) is 0 Å². The first-order valence-electron chi connectivity index (χ1n) is 5.84. The van der Waals surface area contributed by atoms with E-state index < -0.39 is 0 Å². The smallest absolute Gasteiger partial charge is 0.216 e. The van der Waals surface area contributed by atoms with Gasteiger partial charge in [0.15, 0.2) is 0 Å². The molecule has 0 aliphatic rings. The Bertz CT molecular complexity index is 367. The molecule has 0 aliphatic carbocycles. The van der Waals surface area contributed by atoms with Crippen LogP contribution < -0.4 is 10.5 Å². The summed E-state index contributed by atoms with van der Waals surface area (Å²) in [6, 6.07) is 0. The lowest BCUT2D eigenvalue weighted by Gasteiger charge is -2.19. The maximum Gasteiger partial charge on any atom is 0.216 e. The standard InChI is InChI=1S/C12H23N3O2/c1-9-10(8-13)11(15(5)14-9)16-6-7-17-12(2,3)4/h6-8,13H2,1-5H3. The van der Waals surface area contributed by atoms with E-state index in [2.05, 4.69) is 5.10 Å². The van der Waals surface area contributed by atoms with E-state index in [-0.39, 0.29) is 5.60 Å². The Hall–Kier alpha value is -1.07. The van der Waals surface area contributed by atoms with Gasteiger partial charge in [0.2, 0.25) is 5.88 Å². The van der Waals surface area contributed by atoms with E-state index in [0.29, 0.717) is 19.8 Å². The van der Waals surface area contributed by atoms with Crippen LogP contribution in [0.5, 0.6) is 5.88 Å². The number of rotatable bonds is 5. The Morgan fingerprint density at radius 2 is 1.94 bits per heavy atom. The molecule has 0 bridgehead atoms. The summed E-state index contributed by atoms with van der Waals surface area (Å²) in [6.45, 7) is 9.49. The number of nitrogens with two attached hydrogens (primary N) is 1. The molecule has 1 heterocycles. The Kier molecular flexibility index (Phi) is 4.54. The summed E-state index contributed by atoms with van der Waals surface area (Å²) in [7, 11) is 1.85. The number of hydrogen-bond acceptors (Lipinski definition) is 4. The second-order valence-electron chi connectivity index (χ2n) is 5.01. The Morgan fingerprint density at radius 1 is 1.29 bits per heavy atom. The SMILES string of the molecule is Cc1nn(C)c(OCCOC(C)(C)C)c1CN. The average molecular weight is 241 g/mol. The van der Waals surface area contributed by atoms with Gasteiger partial charge >= 0.3 is 0 Å². The molecule has 0 atom stereocenters. The Balaban J connectivity index is 2.52. The number of ether oxygens (including phenoxy) is 2. The first-order valence-corrected chi connectivity index (χ1v) is 5.84. The molecule has 0 saturated heterocycles. The van der Waals surface area contributed by atoms with Crippen molar-refractivity contribution in [3.8, 4) is 5.88 Å². The van der Waals surface area contributed by atoms with E-state index in [1.54, 1.807) is 4.68 Å². The molecule has 0 unspecified atom stereocenters.